The van der Waals surface area contributed by atoms with Gasteiger partial charge in [0.25, 0.3) is 0 Å². The summed E-state index contributed by atoms with van der Waals surface area (Å²) in [4.78, 5) is 2.69. The second-order valence-electron chi connectivity index (χ2n) is 2.56. The molecule has 0 N–H and O–H groups in total. The van der Waals surface area contributed by atoms with Gasteiger partial charge in [-0.05, 0) is 25.5 Å². The average molecular weight is 170 g/mol. The molecule has 1 rings (SSSR count). The zero-order chi connectivity index (χ0) is 8.10. The van der Waals surface area contributed by atoms with Crippen LogP contribution in [0.15, 0.2) is 12.1 Å². The molecule has 1 aromatic heterocycles. The van der Waals surface area contributed by atoms with Crippen LogP contribution in [0.4, 0.5) is 0 Å². The Morgan fingerprint density at radius 2 is 2.27 bits per heavy atom. The van der Waals surface area contributed by atoms with E-state index in [1.807, 2.05) is 11.3 Å². The Labute approximate surface area is 72.0 Å². The summed E-state index contributed by atoms with van der Waals surface area (Å²) in [5.74, 6) is 0. The lowest BCUT2D eigenvalue weighted by Gasteiger charge is -1.97. The van der Waals surface area contributed by atoms with E-state index in [0.717, 1.165) is 19.6 Å². The van der Waals surface area contributed by atoms with Crippen LogP contribution >= 0.6 is 11.3 Å². The van der Waals surface area contributed by atoms with Gasteiger partial charge in [-0.15, -0.1) is 11.3 Å². The van der Waals surface area contributed by atoms with Gasteiger partial charge < -0.3 is 4.74 Å². The third-order valence-electron chi connectivity index (χ3n) is 1.39. The van der Waals surface area contributed by atoms with Gasteiger partial charge in [-0.3, -0.25) is 0 Å². The fourth-order valence-electron chi connectivity index (χ4n) is 0.880. The van der Waals surface area contributed by atoms with E-state index in [4.69, 9.17) is 4.74 Å². The van der Waals surface area contributed by atoms with Gasteiger partial charge >= 0.3 is 0 Å². The van der Waals surface area contributed by atoms with Crippen molar-refractivity contribution in [3.8, 4) is 0 Å². The fourth-order valence-corrected chi connectivity index (χ4v) is 1.71. The van der Waals surface area contributed by atoms with Crippen molar-refractivity contribution in [3.05, 3.63) is 21.9 Å². The molecule has 0 aromatic carbocycles. The van der Waals surface area contributed by atoms with Gasteiger partial charge in [0.05, 0.1) is 6.61 Å². The Kier molecular flexibility index (Phi) is 3.60. The van der Waals surface area contributed by atoms with Crippen molar-refractivity contribution in [1.82, 2.24) is 0 Å². The molecule has 0 aliphatic rings. The van der Waals surface area contributed by atoms with Crippen LogP contribution in [-0.2, 0) is 11.3 Å². The molecule has 0 saturated carbocycles. The predicted molar refractivity (Wildman–Crippen MR) is 49.0 cm³/mol. The lowest BCUT2D eigenvalue weighted by molar-refractivity contribution is 0.123. The minimum atomic E-state index is 0.784. The van der Waals surface area contributed by atoms with Crippen LogP contribution in [0.1, 0.15) is 23.1 Å². The van der Waals surface area contributed by atoms with Crippen LogP contribution in [0.2, 0.25) is 0 Å². The summed E-state index contributed by atoms with van der Waals surface area (Å²) in [6.07, 6.45) is 1.10. The first-order chi connectivity index (χ1) is 5.33. The molecule has 1 heterocycles. The smallest absolute Gasteiger partial charge is 0.0809 e. The molecule has 0 fully saturated rings. The quantitative estimate of drug-likeness (QED) is 0.631. The molecule has 2 heteroatoms. The van der Waals surface area contributed by atoms with Crippen LogP contribution in [0.5, 0.6) is 0 Å². The minimum absolute atomic E-state index is 0.784. The van der Waals surface area contributed by atoms with E-state index < -0.39 is 0 Å². The monoisotopic (exact) mass is 170 g/mol. The molecule has 0 amide bonds. The highest BCUT2D eigenvalue weighted by molar-refractivity contribution is 7.11. The fraction of sp³-hybridized carbons (Fsp3) is 0.556. The number of hydrogen-bond donors (Lipinski definition) is 0. The van der Waals surface area contributed by atoms with Gasteiger partial charge in [-0.2, -0.15) is 0 Å². The topological polar surface area (TPSA) is 9.23 Å². The average Bonchev–Trinajstić information content (AvgIpc) is 2.37. The number of aryl methyl sites for hydroxylation is 1. The molecule has 0 bridgehead atoms. The molecular formula is C9H14OS. The van der Waals surface area contributed by atoms with Crippen LogP contribution < -0.4 is 0 Å². The van der Waals surface area contributed by atoms with E-state index >= 15 is 0 Å². The highest BCUT2D eigenvalue weighted by Gasteiger charge is 1.94. The van der Waals surface area contributed by atoms with E-state index in [1.54, 1.807) is 0 Å². The SMILES string of the molecule is CCCOCc1ccc(C)s1. The Morgan fingerprint density at radius 1 is 1.45 bits per heavy atom. The van der Waals surface area contributed by atoms with Gasteiger partial charge in [0.2, 0.25) is 0 Å². The third kappa shape index (κ3) is 3.04. The Hall–Kier alpha value is -0.340. The first kappa shape index (κ1) is 8.75. The normalized spacial score (nSPS) is 10.4. The zero-order valence-corrected chi connectivity index (χ0v) is 7.91. The molecule has 0 radical (unpaired) electrons. The summed E-state index contributed by atoms with van der Waals surface area (Å²) in [5, 5.41) is 0. The van der Waals surface area contributed by atoms with E-state index in [2.05, 4.69) is 26.0 Å². The molecule has 11 heavy (non-hydrogen) atoms. The van der Waals surface area contributed by atoms with Crippen LogP contribution in [-0.4, -0.2) is 6.61 Å². The van der Waals surface area contributed by atoms with Crippen molar-refractivity contribution in [1.29, 1.82) is 0 Å². The molecule has 0 atom stereocenters. The Bertz CT molecular complexity index is 205. The minimum Gasteiger partial charge on any atom is -0.376 e. The van der Waals surface area contributed by atoms with Crippen molar-refractivity contribution < 1.29 is 4.74 Å². The predicted octanol–water partition coefficient (Wildman–Crippen LogP) is 2.98. The molecule has 0 unspecified atom stereocenters. The van der Waals surface area contributed by atoms with Gasteiger partial charge in [0, 0.05) is 16.4 Å². The first-order valence-corrected chi connectivity index (χ1v) is 4.77. The molecule has 1 aromatic rings. The summed E-state index contributed by atoms with van der Waals surface area (Å²) in [5.41, 5.74) is 0. The number of rotatable bonds is 4. The van der Waals surface area contributed by atoms with Crippen molar-refractivity contribution in [2.45, 2.75) is 26.9 Å². The molecule has 0 aliphatic heterocycles. The van der Waals surface area contributed by atoms with Crippen molar-refractivity contribution in [2.24, 2.45) is 0 Å². The summed E-state index contributed by atoms with van der Waals surface area (Å²) in [6.45, 7) is 5.90. The molecule has 0 aliphatic carbocycles. The second kappa shape index (κ2) is 4.52. The lowest BCUT2D eigenvalue weighted by atomic mass is 10.4. The highest BCUT2D eigenvalue weighted by Crippen LogP contribution is 2.15. The van der Waals surface area contributed by atoms with E-state index in [0.29, 0.717) is 0 Å². The van der Waals surface area contributed by atoms with Crippen LogP contribution in [0.3, 0.4) is 0 Å². The first-order valence-electron chi connectivity index (χ1n) is 3.96. The summed E-state index contributed by atoms with van der Waals surface area (Å²) in [7, 11) is 0. The summed E-state index contributed by atoms with van der Waals surface area (Å²) >= 11 is 1.81. The molecular weight excluding hydrogens is 156 g/mol. The highest BCUT2D eigenvalue weighted by atomic mass is 32.1. The van der Waals surface area contributed by atoms with Gasteiger partial charge in [-0.25, -0.2) is 0 Å². The lowest BCUT2D eigenvalue weighted by Crippen LogP contribution is -1.90. The summed E-state index contributed by atoms with van der Waals surface area (Å²) in [6, 6.07) is 4.27. The zero-order valence-electron chi connectivity index (χ0n) is 7.09. The van der Waals surface area contributed by atoms with Crippen molar-refractivity contribution in [2.75, 3.05) is 6.61 Å². The van der Waals surface area contributed by atoms with Crippen molar-refractivity contribution in [3.63, 3.8) is 0 Å². The molecule has 0 spiro atoms. The number of ether oxygens (including phenoxy) is 1. The van der Waals surface area contributed by atoms with Crippen LogP contribution in [0.25, 0.3) is 0 Å². The largest absolute Gasteiger partial charge is 0.376 e. The molecule has 0 saturated heterocycles. The van der Waals surface area contributed by atoms with Gasteiger partial charge in [0.15, 0.2) is 0 Å². The Balaban J connectivity index is 2.27. The van der Waals surface area contributed by atoms with E-state index in [-0.39, 0.29) is 0 Å². The number of thiophene rings is 1. The van der Waals surface area contributed by atoms with Gasteiger partial charge in [0.1, 0.15) is 0 Å². The van der Waals surface area contributed by atoms with E-state index in [9.17, 15) is 0 Å². The van der Waals surface area contributed by atoms with Crippen LogP contribution in [0, 0.1) is 6.92 Å². The number of hydrogen-bond acceptors (Lipinski definition) is 2. The molecule has 62 valence electrons. The van der Waals surface area contributed by atoms with Crippen molar-refractivity contribution >= 4 is 11.3 Å². The third-order valence-corrected chi connectivity index (χ3v) is 2.36. The van der Waals surface area contributed by atoms with E-state index in [1.165, 1.54) is 9.75 Å². The maximum absolute atomic E-state index is 5.39. The Morgan fingerprint density at radius 3 is 2.82 bits per heavy atom. The maximum atomic E-state index is 5.39. The molecule has 1 nitrogen and oxygen atoms in total. The standard InChI is InChI=1S/C9H14OS/c1-3-6-10-7-9-5-4-8(2)11-9/h4-5H,3,6-7H2,1-2H3. The second-order valence-corrected chi connectivity index (χ2v) is 3.94. The maximum Gasteiger partial charge on any atom is 0.0809 e. The van der Waals surface area contributed by atoms with Gasteiger partial charge in [-0.1, -0.05) is 6.92 Å². The summed E-state index contributed by atoms with van der Waals surface area (Å²) < 4.78 is 5.39.